The summed E-state index contributed by atoms with van der Waals surface area (Å²) in [6, 6.07) is 0. The predicted molar refractivity (Wildman–Crippen MR) is 65.3 cm³/mol. The summed E-state index contributed by atoms with van der Waals surface area (Å²) < 4.78 is 26.1. The van der Waals surface area contributed by atoms with E-state index in [0.717, 1.165) is 25.7 Å². The van der Waals surface area contributed by atoms with Crippen molar-refractivity contribution in [1.82, 2.24) is 5.32 Å². The third-order valence-electron chi connectivity index (χ3n) is 4.51. The van der Waals surface area contributed by atoms with Crippen LogP contribution < -0.4 is 11.1 Å². The number of carbonyl (C=O) groups is 1. The van der Waals surface area contributed by atoms with Gasteiger partial charge in [0.05, 0.1) is 0 Å². The molecule has 0 aliphatic heterocycles. The first-order valence-electron chi connectivity index (χ1n) is 6.82. The summed E-state index contributed by atoms with van der Waals surface area (Å²) >= 11 is 0. The summed E-state index contributed by atoms with van der Waals surface area (Å²) in [5.41, 5.74) is 5.79. The third kappa shape index (κ3) is 2.99. The monoisotopic (exact) mass is 260 g/mol. The fourth-order valence-corrected chi connectivity index (χ4v) is 3.17. The van der Waals surface area contributed by atoms with Gasteiger partial charge in [-0.2, -0.15) is 0 Å². The molecule has 3 nitrogen and oxygen atoms in total. The molecular formula is C13H22F2N2O. The van der Waals surface area contributed by atoms with E-state index in [0.29, 0.717) is 19.5 Å². The van der Waals surface area contributed by atoms with Gasteiger partial charge in [-0.05, 0) is 31.2 Å². The van der Waals surface area contributed by atoms with E-state index < -0.39 is 11.8 Å². The highest BCUT2D eigenvalue weighted by atomic mass is 19.3. The molecule has 0 aromatic carbocycles. The number of rotatable bonds is 4. The van der Waals surface area contributed by atoms with Crippen LogP contribution in [0.5, 0.6) is 0 Å². The molecule has 2 aliphatic carbocycles. The zero-order valence-corrected chi connectivity index (χ0v) is 10.7. The van der Waals surface area contributed by atoms with Crippen molar-refractivity contribution in [2.75, 3.05) is 13.1 Å². The lowest BCUT2D eigenvalue weighted by molar-refractivity contribution is -0.126. The second-order valence-electron chi connectivity index (χ2n) is 5.92. The van der Waals surface area contributed by atoms with E-state index >= 15 is 0 Å². The van der Waals surface area contributed by atoms with Crippen LogP contribution in [-0.4, -0.2) is 24.9 Å². The average molecular weight is 260 g/mol. The molecule has 0 spiro atoms. The van der Waals surface area contributed by atoms with Crippen LogP contribution in [0.2, 0.25) is 0 Å². The summed E-state index contributed by atoms with van der Waals surface area (Å²) in [6.07, 6.45) is 4.20. The second-order valence-corrected chi connectivity index (χ2v) is 5.92. The molecule has 1 amide bonds. The summed E-state index contributed by atoms with van der Waals surface area (Å²) in [4.78, 5) is 11.9. The zero-order valence-electron chi connectivity index (χ0n) is 10.7. The molecule has 104 valence electrons. The normalized spacial score (nSPS) is 29.4. The van der Waals surface area contributed by atoms with Gasteiger partial charge in [0.2, 0.25) is 11.8 Å². The molecule has 2 aliphatic rings. The Kier molecular flexibility index (Phi) is 3.90. The Morgan fingerprint density at radius 2 is 1.94 bits per heavy atom. The van der Waals surface area contributed by atoms with Crippen molar-refractivity contribution in [3.8, 4) is 0 Å². The molecule has 0 radical (unpaired) electrons. The van der Waals surface area contributed by atoms with Gasteiger partial charge in [0.1, 0.15) is 0 Å². The molecular weight excluding hydrogens is 238 g/mol. The number of nitrogens with one attached hydrogen (secondary N) is 1. The van der Waals surface area contributed by atoms with Crippen molar-refractivity contribution in [3.05, 3.63) is 0 Å². The van der Waals surface area contributed by atoms with Crippen LogP contribution in [0.25, 0.3) is 0 Å². The fraction of sp³-hybridized carbons (Fsp3) is 0.923. The lowest BCUT2D eigenvalue weighted by Gasteiger charge is -2.28. The van der Waals surface area contributed by atoms with E-state index in [1.165, 1.54) is 0 Å². The first kappa shape index (κ1) is 13.7. The van der Waals surface area contributed by atoms with Gasteiger partial charge in [0.25, 0.3) is 0 Å². The number of alkyl halides is 2. The molecule has 5 heteroatoms. The maximum Gasteiger partial charge on any atom is 0.248 e. The highest BCUT2D eigenvalue weighted by Gasteiger charge is 2.43. The molecule has 3 N–H and O–H groups in total. The smallest absolute Gasteiger partial charge is 0.248 e. The van der Waals surface area contributed by atoms with E-state index in [9.17, 15) is 13.6 Å². The van der Waals surface area contributed by atoms with Crippen molar-refractivity contribution in [2.24, 2.45) is 17.1 Å². The third-order valence-corrected chi connectivity index (χ3v) is 4.51. The van der Waals surface area contributed by atoms with Crippen molar-refractivity contribution in [1.29, 1.82) is 0 Å². The first-order valence-corrected chi connectivity index (χ1v) is 6.82. The fourth-order valence-electron chi connectivity index (χ4n) is 3.17. The number of nitrogens with two attached hydrogens (primary N) is 1. The van der Waals surface area contributed by atoms with Gasteiger partial charge in [-0.15, -0.1) is 0 Å². The number of hydrogen-bond donors (Lipinski definition) is 2. The van der Waals surface area contributed by atoms with E-state index in [-0.39, 0.29) is 24.2 Å². The highest BCUT2D eigenvalue weighted by Crippen LogP contribution is 2.39. The van der Waals surface area contributed by atoms with Gasteiger partial charge in [-0.25, -0.2) is 8.78 Å². The zero-order chi connectivity index (χ0) is 13.2. The van der Waals surface area contributed by atoms with Crippen molar-refractivity contribution in [3.63, 3.8) is 0 Å². The van der Waals surface area contributed by atoms with Gasteiger partial charge in [-0.3, -0.25) is 4.79 Å². The molecule has 1 unspecified atom stereocenters. The second kappa shape index (κ2) is 5.11. The van der Waals surface area contributed by atoms with Gasteiger partial charge in [-0.1, -0.05) is 12.8 Å². The minimum absolute atomic E-state index is 0.0107. The van der Waals surface area contributed by atoms with Gasteiger partial charge in [0, 0.05) is 25.3 Å². The molecule has 0 aromatic heterocycles. The Morgan fingerprint density at radius 1 is 1.28 bits per heavy atom. The molecule has 0 heterocycles. The van der Waals surface area contributed by atoms with E-state index in [1.807, 2.05) is 0 Å². The van der Waals surface area contributed by atoms with Crippen LogP contribution in [-0.2, 0) is 4.79 Å². The van der Waals surface area contributed by atoms with Gasteiger partial charge in [0.15, 0.2) is 0 Å². The van der Waals surface area contributed by atoms with Crippen molar-refractivity contribution in [2.45, 2.75) is 50.9 Å². The molecule has 0 saturated heterocycles. The number of hydrogen-bond acceptors (Lipinski definition) is 2. The SMILES string of the molecule is NCC1(CNC(=O)C2CCC(F)(F)C2)CCCC1. The molecule has 2 saturated carbocycles. The molecule has 1 atom stereocenters. The van der Waals surface area contributed by atoms with Gasteiger partial charge < -0.3 is 11.1 Å². The number of amides is 1. The Bertz CT molecular complexity index is 314. The van der Waals surface area contributed by atoms with Crippen LogP contribution >= 0.6 is 0 Å². The Balaban J connectivity index is 1.81. The van der Waals surface area contributed by atoms with Crippen molar-refractivity contribution < 1.29 is 13.6 Å². The lowest BCUT2D eigenvalue weighted by Crippen LogP contribution is -2.42. The Morgan fingerprint density at radius 3 is 2.44 bits per heavy atom. The van der Waals surface area contributed by atoms with Crippen LogP contribution in [0.3, 0.4) is 0 Å². The highest BCUT2D eigenvalue weighted by molar-refractivity contribution is 5.79. The Hall–Kier alpha value is -0.710. The van der Waals surface area contributed by atoms with E-state index in [4.69, 9.17) is 5.73 Å². The van der Waals surface area contributed by atoms with Crippen molar-refractivity contribution >= 4 is 5.91 Å². The molecule has 18 heavy (non-hydrogen) atoms. The standard InChI is InChI=1S/C13H22F2N2O/c14-13(15)6-3-10(7-13)11(18)17-9-12(8-16)4-1-2-5-12/h10H,1-9,16H2,(H,17,18). The molecule has 2 rings (SSSR count). The maximum absolute atomic E-state index is 13.0. The van der Waals surface area contributed by atoms with E-state index in [1.54, 1.807) is 0 Å². The predicted octanol–water partition coefficient (Wildman–Crippen LogP) is 2.06. The summed E-state index contributed by atoms with van der Waals surface area (Å²) in [6.45, 7) is 1.11. The van der Waals surface area contributed by atoms with Crippen LogP contribution in [0.4, 0.5) is 8.78 Å². The first-order chi connectivity index (χ1) is 8.46. The summed E-state index contributed by atoms with van der Waals surface area (Å²) in [7, 11) is 0. The number of carbonyl (C=O) groups excluding carboxylic acids is 1. The molecule has 0 bridgehead atoms. The minimum Gasteiger partial charge on any atom is -0.355 e. The quantitative estimate of drug-likeness (QED) is 0.813. The van der Waals surface area contributed by atoms with Gasteiger partial charge >= 0.3 is 0 Å². The average Bonchev–Trinajstić information content (AvgIpc) is 2.93. The van der Waals surface area contributed by atoms with E-state index in [2.05, 4.69) is 5.32 Å². The van der Waals surface area contributed by atoms with Crippen LogP contribution in [0, 0.1) is 11.3 Å². The lowest BCUT2D eigenvalue weighted by atomic mass is 9.86. The summed E-state index contributed by atoms with van der Waals surface area (Å²) in [5.74, 6) is -3.39. The topological polar surface area (TPSA) is 55.1 Å². The summed E-state index contributed by atoms with van der Waals surface area (Å²) in [5, 5.41) is 2.84. The minimum atomic E-state index is -2.65. The molecule has 0 aromatic rings. The Labute approximate surface area is 106 Å². The van der Waals surface area contributed by atoms with Crippen LogP contribution in [0.1, 0.15) is 44.9 Å². The maximum atomic E-state index is 13.0. The largest absolute Gasteiger partial charge is 0.355 e. The molecule has 2 fully saturated rings. The number of halogens is 2. The van der Waals surface area contributed by atoms with Crippen LogP contribution in [0.15, 0.2) is 0 Å².